The predicted molar refractivity (Wildman–Crippen MR) is 66.4 cm³/mol. The molecule has 0 spiro atoms. The molecule has 1 unspecified atom stereocenters. The van der Waals surface area contributed by atoms with Gasteiger partial charge in [0.2, 0.25) is 0 Å². The number of piperidine rings is 1. The van der Waals surface area contributed by atoms with Crippen LogP contribution in [0.1, 0.15) is 38.5 Å². The summed E-state index contributed by atoms with van der Waals surface area (Å²) in [5.41, 5.74) is 6.35. The predicted octanol–water partition coefficient (Wildman–Crippen LogP) is 1.04. The summed E-state index contributed by atoms with van der Waals surface area (Å²) in [6.07, 6.45) is 8.34. The molecule has 16 heavy (non-hydrogen) atoms. The third kappa shape index (κ3) is 1.89. The zero-order chi connectivity index (χ0) is 11.0. The molecule has 3 nitrogen and oxygen atoms in total. The number of rotatable bonds is 3. The van der Waals surface area contributed by atoms with E-state index in [4.69, 9.17) is 5.73 Å². The highest BCUT2D eigenvalue weighted by Crippen LogP contribution is 2.43. The van der Waals surface area contributed by atoms with Gasteiger partial charge in [-0.15, -0.1) is 0 Å². The lowest BCUT2D eigenvalue weighted by molar-refractivity contribution is 0.148. The first kappa shape index (κ1) is 11.0. The molecule has 1 atom stereocenters. The Labute approximate surface area is 99.0 Å². The van der Waals surface area contributed by atoms with Crippen LogP contribution in [0.2, 0.25) is 0 Å². The lowest BCUT2D eigenvalue weighted by Gasteiger charge is -2.33. The highest BCUT2D eigenvalue weighted by molar-refractivity contribution is 5.07. The second-order valence-electron chi connectivity index (χ2n) is 5.91. The van der Waals surface area contributed by atoms with Crippen LogP contribution >= 0.6 is 0 Å². The van der Waals surface area contributed by atoms with Crippen LogP contribution in [0.4, 0.5) is 0 Å². The first-order valence-corrected chi connectivity index (χ1v) is 7.03. The number of likely N-dealkylation sites (tertiary alicyclic amines) is 2. The van der Waals surface area contributed by atoms with Crippen molar-refractivity contribution >= 4 is 0 Å². The van der Waals surface area contributed by atoms with E-state index in [9.17, 15) is 0 Å². The van der Waals surface area contributed by atoms with E-state index < -0.39 is 0 Å². The molecule has 3 fully saturated rings. The van der Waals surface area contributed by atoms with Gasteiger partial charge in [0, 0.05) is 31.2 Å². The summed E-state index contributed by atoms with van der Waals surface area (Å²) in [7, 11) is 0. The minimum atomic E-state index is 0.435. The molecule has 3 rings (SSSR count). The van der Waals surface area contributed by atoms with Crippen molar-refractivity contribution in [2.45, 2.75) is 50.1 Å². The average Bonchev–Trinajstić information content (AvgIpc) is 3.00. The van der Waals surface area contributed by atoms with Crippen LogP contribution in [0, 0.1) is 0 Å². The molecule has 0 aromatic heterocycles. The molecule has 1 saturated carbocycles. The normalized spacial score (nSPS) is 35.4. The van der Waals surface area contributed by atoms with Gasteiger partial charge in [0.15, 0.2) is 0 Å². The maximum absolute atomic E-state index is 5.92. The summed E-state index contributed by atoms with van der Waals surface area (Å²) in [5.74, 6) is 0. The van der Waals surface area contributed by atoms with Crippen molar-refractivity contribution in [3.8, 4) is 0 Å². The molecule has 2 heterocycles. The quantitative estimate of drug-likeness (QED) is 0.776. The number of hydrogen-bond acceptors (Lipinski definition) is 3. The minimum Gasteiger partial charge on any atom is -0.329 e. The van der Waals surface area contributed by atoms with Crippen LogP contribution in [-0.4, -0.2) is 54.1 Å². The number of nitrogens with zero attached hydrogens (tertiary/aromatic N) is 2. The first-order valence-electron chi connectivity index (χ1n) is 7.03. The van der Waals surface area contributed by atoms with Crippen LogP contribution in [-0.2, 0) is 0 Å². The average molecular weight is 223 g/mol. The van der Waals surface area contributed by atoms with E-state index in [1.54, 1.807) is 0 Å². The van der Waals surface area contributed by atoms with Gasteiger partial charge in [-0.05, 0) is 45.2 Å². The molecule has 0 amide bonds. The summed E-state index contributed by atoms with van der Waals surface area (Å²) in [5, 5.41) is 0. The van der Waals surface area contributed by atoms with Gasteiger partial charge in [0.05, 0.1) is 0 Å². The zero-order valence-electron chi connectivity index (χ0n) is 10.3. The molecule has 1 aliphatic carbocycles. The highest BCUT2D eigenvalue weighted by atomic mass is 15.3. The lowest BCUT2D eigenvalue weighted by Crippen LogP contribution is -2.45. The molecule has 2 saturated heterocycles. The third-order valence-electron chi connectivity index (χ3n) is 4.95. The van der Waals surface area contributed by atoms with Gasteiger partial charge in [-0.2, -0.15) is 0 Å². The van der Waals surface area contributed by atoms with Crippen molar-refractivity contribution in [2.75, 3.05) is 32.7 Å². The van der Waals surface area contributed by atoms with Gasteiger partial charge in [-0.3, -0.25) is 9.80 Å². The van der Waals surface area contributed by atoms with Gasteiger partial charge in [-0.1, -0.05) is 6.42 Å². The molecule has 2 aliphatic heterocycles. The van der Waals surface area contributed by atoms with Crippen LogP contribution in [0.15, 0.2) is 0 Å². The number of nitrogens with two attached hydrogens (primary N) is 1. The van der Waals surface area contributed by atoms with Crippen molar-refractivity contribution in [3.63, 3.8) is 0 Å². The van der Waals surface area contributed by atoms with Gasteiger partial charge in [-0.25, -0.2) is 0 Å². The first-order chi connectivity index (χ1) is 7.84. The third-order valence-corrected chi connectivity index (χ3v) is 4.95. The van der Waals surface area contributed by atoms with Crippen molar-refractivity contribution in [1.82, 2.24) is 9.80 Å². The van der Waals surface area contributed by atoms with Crippen LogP contribution in [0.5, 0.6) is 0 Å². The second-order valence-corrected chi connectivity index (χ2v) is 5.91. The Morgan fingerprint density at radius 1 is 1.06 bits per heavy atom. The topological polar surface area (TPSA) is 32.5 Å². The minimum absolute atomic E-state index is 0.435. The summed E-state index contributed by atoms with van der Waals surface area (Å²) >= 11 is 0. The summed E-state index contributed by atoms with van der Waals surface area (Å²) < 4.78 is 0. The Morgan fingerprint density at radius 3 is 2.44 bits per heavy atom. The molecule has 0 radical (unpaired) electrons. The fourth-order valence-electron chi connectivity index (χ4n) is 3.55. The second kappa shape index (κ2) is 4.28. The highest BCUT2D eigenvalue weighted by Gasteiger charge is 2.49. The van der Waals surface area contributed by atoms with Crippen molar-refractivity contribution in [2.24, 2.45) is 5.73 Å². The van der Waals surface area contributed by atoms with Gasteiger partial charge in [0.1, 0.15) is 0 Å². The molecule has 0 bridgehead atoms. The molecule has 2 N–H and O–H groups in total. The molecule has 0 aromatic carbocycles. The van der Waals surface area contributed by atoms with E-state index >= 15 is 0 Å². The summed E-state index contributed by atoms with van der Waals surface area (Å²) in [4.78, 5) is 5.42. The van der Waals surface area contributed by atoms with E-state index in [-0.39, 0.29) is 0 Å². The zero-order valence-corrected chi connectivity index (χ0v) is 10.3. The van der Waals surface area contributed by atoms with Gasteiger partial charge in [0.25, 0.3) is 0 Å². The molecular formula is C13H25N3. The Balaban J connectivity index is 1.56. The fourth-order valence-corrected chi connectivity index (χ4v) is 3.55. The van der Waals surface area contributed by atoms with Crippen molar-refractivity contribution < 1.29 is 0 Å². The van der Waals surface area contributed by atoms with Crippen LogP contribution < -0.4 is 5.73 Å². The Morgan fingerprint density at radius 2 is 1.81 bits per heavy atom. The molecular weight excluding hydrogens is 198 g/mol. The molecule has 3 heteroatoms. The largest absolute Gasteiger partial charge is 0.329 e. The Hall–Kier alpha value is -0.120. The van der Waals surface area contributed by atoms with Crippen LogP contribution in [0.3, 0.4) is 0 Å². The van der Waals surface area contributed by atoms with Crippen molar-refractivity contribution in [1.29, 1.82) is 0 Å². The van der Waals surface area contributed by atoms with E-state index in [1.165, 1.54) is 64.7 Å². The number of hydrogen-bond donors (Lipinski definition) is 1. The lowest BCUT2D eigenvalue weighted by atomic mass is 10.1. The van der Waals surface area contributed by atoms with E-state index in [0.717, 1.165) is 12.6 Å². The maximum Gasteiger partial charge on any atom is 0.0333 e. The van der Waals surface area contributed by atoms with E-state index in [1.807, 2.05) is 0 Å². The SMILES string of the molecule is NCC1(N2CCC(N3CCCCC3)C2)CC1. The molecule has 3 aliphatic rings. The Bertz CT molecular complexity index is 244. The summed E-state index contributed by atoms with van der Waals surface area (Å²) in [6.45, 7) is 6.14. The monoisotopic (exact) mass is 223 g/mol. The van der Waals surface area contributed by atoms with Crippen molar-refractivity contribution in [3.05, 3.63) is 0 Å². The van der Waals surface area contributed by atoms with Crippen LogP contribution in [0.25, 0.3) is 0 Å². The standard InChI is InChI=1S/C13H25N3/c14-11-13(5-6-13)16-9-4-12(10-16)15-7-2-1-3-8-15/h12H,1-11,14H2. The molecule has 0 aromatic rings. The maximum atomic E-state index is 5.92. The Kier molecular flexibility index (Phi) is 2.94. The van der Waals surface area contributed by atoms with E-state index in [0.29, 0.717) is 5.54 Å². The molecule has 92 valence electrons. The summed E-state index contributed by atoms with van der Waals surface area (Å²) in [6, 6.07) is 0.837. The fraction of sp³-hybridized carbons (Fsp3) is 1.00. The van der Waals surface area contributed by atoms with Gasteiger partial charge >= 0.3 is 0 Å². The van der Waals surface area contributed by atoms with E-state index in [2.05, 4.69) is 9.80 Å². The smallest absolute Gasteiger partial charge is 0.0333 e. The van der Waals surface area contributed by atoms with Gasteiger partial charge < -0.3 is 5.73 Å².